The second-order valence-corrected chi connectivity index (χ2v) is 20.3. The molecule has 0 atom stereocenters. The first-order chi connectivity index (χ1) is 34.0. The van der Waals surface area contributed by atoms with Crippen LogP contribution in [0.1, 0.15) is 11.1 Å². The molecule has 0 aliphatic carbocycles. The Balaban J connectivity index is 0.00000494. The van der Waals surface area contributed by atoms with Crippen molar-refractivity contribution in [2.75, 3.05) is 83.7 Å². The molecule has 6 rings (SSSR count). The maximum absolute atomic E-state index is 12.8. The van der Waals surface area contributed by atoms with E-state index in [9.17, 15) is 72.3 Å². The summed E-state index contributed by atoms with van der Waals surface area (Å²) in [4.78, 5) is 26.4. The van der Waals surface area contributed by atoms with Crippen LogP contribution in [0.5, 0.6) is 0 Å². The van der Waals surface area contributed by atoms with E-state index in [1.165, 1.54) is 58.3 Å². The zero-order valence-corrected chi connectivity index (χ0v) is 52.2. The van der Waals surface area contributed by atoms with E-state index in [0.717, 1.165) is 48.6 Å². The molecule has 0 saturated carbocycles. The third kappa shape index (κ3) is 19.9. The minimum Gasteiger partial charge on any atom is -0.395 e. The van der Waals surface area contributed by atoms with Crippen LogP contribution in [-0.4, -0.2) is 273 Å². The van der Waals surface area contributed by atoms with Crippen molar-refractivity contribution in [2.24, 2.45) is 0 Å². The Morgan fingerprint density at radius 3 is 0.895 bits per heavy atom. The van der Waals surface area contributed by atoms with Crippen molar-refractivity contribution >= 4 is 229 Å². The predicted molar refractivity (Wildman–Crippen MR) is 283 cm³/mol. The number of aromatic nitrogens is 6. The Hall–Kier alpha value is -3.08. The van der Waals surface area contributed by atoms with E-state index < -0.39 is 60.1 Å². The first-order valence-electron chi connectivity index (χ1n) is 20.6. The first kappa shape index (κ1) is 69.0. The predicted octanol–water partition coefficient (Wildman–Crippen LogP) is 0.247. The zero-order chi connectivity index (χ0) is 52.4. The Kier molecular flexibility index (Phi) is 27.7. The van der Waals surface area contributed by atoms with Gasteiger partial charge >= 0.3 is 0 Å². The number of hydrogen-bond acceptors (Lipinski definition) is 24. The van der Waals surface area contributed by atoms with Crippen LogP contribution < -0.4 is 31.1 Å². The van der Waals surface area contributed by atoms with Crippen LogP contribution in [0.15, 0.2) is 105 Å². The molecule has 36 heteroatoms. The number of nitrogens with one attached hydrogen (secondary N) is 4. The van der Waals surface area contributed by atoms with Gasteiger partial charge in [0.15, 0.2) is 0 Å². The Morgan fingerprint density at radius 2 is 0.645 bits per heavy atom. The molecule has 12 N–H and O–H groups in total. The van der Waals surface area contributed by atoms with Crippen molar-refractivity contribution in [1.82, 2.24) is 29.9 Å². The van der Waals surface area contributed by atoms with Crippen LogP contribution in [0.3, 0.4) is 0 Å². The average molecular weight is 1170 g/mol. The quantitative estimate of drug-likeness (QED) is 0.0219. The molecule has 2 heterocycles. The zero-order valence-electron chi connectivity index (χ0n) is 40.9. The summed E-state index contributed by atoms with van der Waals surface area (Å²) in [6, 6.07) is 16.8. The van der Waals surface area contributed by atoms with Gasteiger partial charge in [0.2, 0.25) is 35.7 Å². The number of aliphatic hydroxyl groups excluding tert-OH is 4. The van der Waals surface area contributed by atoms with E-state index >= 15 is 0 Å². The molecule has 388 valence electrons. The van der Waals surface area contributed by atoms with Gasteiger partial charge in [-0.3, -0.25) is 18.2 Å². The summed E-state index contributed by atoms with van der Waals surface area (Å²) in [5.74, 6) is -0.916. The summed E-state index contributed by atoms with van der Waals surface area (Å²) in [6.07, 6.45) is 2.27. The van der Waals surface area contributed by atoms with E-state index in [2.05, 4.69) is 51.2 Å². The van der Waals surface area contributed by atoms with Crippen molar-refractivity contribution in [3.8, 4) is 0 Å². The summed E-state index contributed by atoms with van der Waals surface area (Å²) in [5.41, 5.74) is 0.129. The minimum absolute atomic E-state index is 0. The molecule has 0 unspecified atom stereocenters. The number of rotatable bonds is 24. The van der Waals surface area contributed by atoms with E-state index in [1.54, 1.807) is 0 Å². The SMILES string of the molecule is O=S(=O)(O)c1ccc(Nc2nc(Nc3ccc(C=Cc4ccc(Nc5nc(Nc6ccc(S(=O)(=O)O)cc6)nc(N(CCO)CCO)n5)cc4S(=O)(=O)O)c(S(=O)(=O)O)c3)nc(N(CCO)CCO)n2)cc1.[Na].[Na].[Na].[Na]. The normalized spacial score (nSPS) is 11.5. The van der Waals surface area contributed by atoms with Crippen LogP contribution in [0.2, 0.25) is 0 Å². The van der Waals surface area contributed by atoms with Crippen molar-refractivity contribution in [3.63, 3.8) is 0 Å². The van der Waals surface area contributed by atoms with Gasteiger partial charge in [-0.2, -0.15) is 63.6 Å². The second kappa shape index (κ2) is 30.5. The maximum Gasteiger partial charge on any atom is 0.295 e. The molecular weight excluding hydrogens is 1120 g/mol. The second-order valence-electron chi connectivity index (χ2n) is 14.7. The van der Waals surface area contributed by atoms with Crippen molar-refractivity contribution in [3.05, 3.63) is 96.1 Å². The van der Waals surface area contributed by atoms with Crippen LogP contribution in [0.4, 0.5) is 58.4 Å². The van der Waals surface area contributed by atoms with Gasteiger partial charge in [0.1, 0.15) is 9.79 Å². The molecule has 0 aliphatic rings. The third-order valence-corrected chi connectivity index (χ3v) is 13.2. The maximum atomic E-state index is 12.8. The van der Waals surface area contributed by atoms with Gasteiger partial charge in [-0.25, -0.2) is 0 Å². The fourth-order valence-corrected chi connectivity index (χ4v) is 8.78. The van der Waals surface area contributed by atoms with Gasteiger partial charge in [-0.15, -0.1) is 0 Å². The topological polar surface area (TPSA) is 430 Å². The number of benzene rings is 4. The molecule has 0 saturated heterocycles. The fraction of sp³-hybridized carbons (Fsp3) is 0.200. The molecule has 4 aromatic carbocycles. The monoisotopic (exact) mass is 1170 g/mol. The van der Waals surface area contributed by atoms with Crippen molar-refractivity contribution in [2.45, 2.75) is 19.6 Å². The largest absolute Gasteiger partial charge is 0.395 e. The summed E-state index contributed by atoms with van der Waals surface area (Å²) < 4.78 is 137. The number of anilines is 10. The summed E-state index contributed by atoms with van der Waals surface area (Å²) in [5, 5.41) is 49.9. The molecule has 4 radical (unpaired) electrons. The number of nitrogens with zero attached hydrogens (tertiary/aromatic N) is 8. The number of aliphatic hydroxyl groups is 4. The Morgan fingerprint density at radius 1 is 0.382 bits per heavy atom. The van der Waals surface area contributed by atoms with Gasteiger partial charge in [0.05, 0.1) is 36.2 Å². The smallest absolute Gasteiger partial charge is 0.295 e. The summed E-state index contributed by atoms with van der Waals surface area (Å²) in [6.45, 7) is -1.69. The summed E-state index contributed by atoms with van der Waals surface area (Å²) >= 11 is 0. The van der Waals surface area contributed by atoms with Gasteiger partial charge in [-0.1, -0.05) is 24.3 Å². The third-order valence-electron chi connectivity index (χ3n) is 9.65. The van der Waals surface area contributed by atoms with Crippen molar-refractivity contribution in [1.29, 1.82) is 0 Å². The van der Waals surface area contributed by atoms with Gasteiger partial charge in [0.25, 0.3) is 40.5 Å². The number of hydrogen-bond donors (Lipinski definition) is 12. The molecule has 6 aromatic rings. The molecule has 0 bridgehead atoms. The molecular formula is C40H44N12Na4O16S4. The Bertz CT molecular complexity index is 3180. The van der Waals surface area contributed by atoms with Gasteiger partial charge < -0.3 is 51.5 Å². The Labute approximate surface area is 524 Å². The van der Waals surface area contributed by atoms with Crippen LogP contribution in [0.25, 0.3) is 12.2 Å². The van der Waals surface area contributed by atoms with Gasteiger partial charge in [0, 0.05) is 167 Å². The fourth-order valence-electron chi connectivity index (χ4n) is 6.41. The molecule has 0 aliphatic heterocycles. The molecule has 28 nitrogen and oxygen atoms in total. The van der Waals surface area contributed by atoms with Crippen LogP contribution in [-0.2, 0) is 40.5 Å². The van der Waals surface area contributed by atoms with Gasteiger partial charge in [-0.05, 0) is 83.9 Å². The van der Waals surface area contributed by atoms with Crippen LogP contribution >= 0.6 is 0 Å². The van der Waals surface area contributed by atoms with E-state index in [-0.39, 0.29) is 240 Å². The molecule has 0 fully saturated rings. The molecule has 2 aromatic heterocycles. The first-order valence-corrected chi connectivity index (χ1v) is 26.3. The van der Waals surface area contributed by atoms with E-state index in [4.69, 9.17) is 0 Å². The van der Waals surface area contributed by atoms with Crippen molar-refractivity contribution < 1.29 is 72.3 Å². The minimum atomic E-state index is -5.03. The standard InChI is InChI=1S/C40H44N12O16S4.4Na/c53-19-15-51(16-20-54)39-47-35(41-27-7-11-31(12-8-27)69(57,58)59)45-37(49-39)43-29-5-3-25(33(23-29)71(63,64)65)1-2-26-4-6-30(24-34(26)72(66,67)68)44-38-46-36(48-40(50-38)52(17-21-55)18-22-56)42-28-9-13-32(14-10-28)70(60,61)62;;;;/h1-14,23-24,53-56H,15-22H2,(H,57,58,59)(H,60,61,62)(H,63,64,65)(H,66,67,68)(H2,41,43,45,47,49)(H2,42,44,46,48,50);;;;. The molecule has 76 heavy (non-hydrogen) atoms. The van der Waals surface area contributed by atoms with E-state index in [0.29, 0.717) is 0 Å². The summed E-state index contributed by atoms with van der Waals surface area (Å²) in [7, 11) is -19.1. The molecule has 0 spiro atoms. The van der Waals surface area contributed by atoms with E-state index in [1.807, 2.05) is 0 Å². The average Bonchev–Trinajstić information content (AvgIpc) is 3.30. The molecule has 0 amide bonds. The van der Waals surface area contributed by atoms with Crippen LogP contribution in [0, 0.1) is 0 Å².